The first kappa shape index (κ1) is 14.8. The molecule has 2 rings (SSSR count). The highest BCUT2D eigenvalue weighted by Crippen LogP contribution is 2.21. The molecule has 0 saturated carbocycles. The number of nitrogens with zero attached hydrogens (tertiary/aromatic N) is 1. The fraction of sp³-hybridized carbons (Fsp3) is 0.250. The third kappa shape index (κ3) is 4.80. The summed E-state index contributed by atoms with van der Waals surface area (Å²) < 4.78 is 5.64. The van der Waals surface area contributed by atoms with Gasteiger partial charge in [-0.15, -0.1) is 0 Å². The van der Waals surface area contributed by atoms with Gasteiger partial charge in [-0.2, -0.15) is 0 Å². The number of carbonyl (C=O) groups excluding carboxylic acids is 1. The minimum atomic E-state index is -0.231. The van der Waals surface area contributed by atoms with Gasteiger partial charge in [-0.1, -0.05) is 19.1 Å². The van der Waals surface area contributed by atoms with E-state index < -0.39 is 0 Å². The first-order valence-electron chi connectivity index (χ1n) is 6.93. The number of carbonyl (C=O) groups is 1. The molecule has 5 heteroatoms. The molecule has 5 nitrogen and oxygen atoms in total. The average molecular weight is 285 g/mol. The van der Waals surface area contributed by atoms with Crippen LogP contribution in [0.25, 0.3) is 0 Å². The van der Waals surface area contributed by atoms with Gasteiger partial charge in [0.1, 0.15) is 5.75 Å². The van der Waals surface area contributed by atoms with Crippen LogP contribution >= 0.6 is 0 Å². The topological polar surface area (TPSA) is 63.2 Å². The minimum absolute atomic E-state index is 0.231. The van der Waals surface area contributed by atoms with Gasteiger partial charge in [0.2, 0.25) is 5.88 Å². The summed E-state index contributed by atoms with van der Waals surface area (Å²) in [5.41, 5.74) is 1.75. The van der Waals surface area contributed by atoms with Gasteiger partial charge in [-0.05, 0) is 37.1 Å². The van der Waals surface area contributed by atoms with Gasteiger partial charge in [-0.3, -0.25) is 0 Å². The number of benzene rings is 1. The maximum Gasteiger partial charge on any atom is 0.319 e. The molecule has 0 fully saturated rings. The molecule has 0 spiro atoms. The molecule has 1 heterocycles. The van der Waals surface area contributed by atoms with Crippen molar-refractivity contribution < 1.29 is 9.53 Å². The summed E-state index contributed by atoms with van der Waals surface area (Å²) in [6, 6.07) is 11.0. The lowest BCUT2D eigenvalue weighted by Crippen LogP contribution is -2.29. The maximum absolute atomic E-state index is 11.5. The lowest BCUT2D eigenvalue weighted by molar-refractivity contribution is 0.252. The molecule has 0 atom stereocenters. The lowest BCUT2D eigenvalue weighted by atomic mass is 10.2. The second kappa shape index (κ2) is 7.28. The highest BCUT2D eigenvalue weighted by atomic mass is 16.5. The molecule has 0 unspecified atom stereocenters. The van der Waals surface area contributed by atoms with Crippen LogP contribution in [0, 0.1) is 6.92 Å². The first-order valence-corrected chi connectivity index (χ1v) is 6.93. The zero-order chi connectivity index (χ0) is 15.1. The van der Waals surface area contributed by atoms with Gasteiger partial charge in [-0.25, -0.2) is 9.78 Å². The smallest absolute Gasteiger partial charge is 0.319 e. The van der Waals surface area contributed by atoms with E-state index in [1.165, 1.54) is 0 Å². The number of urea groups is 1. The van der Waals surface area contributed by atoms with Crippen LogP contribution in [-0.2, 0) is 0 Å². The SMILES string of the molecule is CCCNC(=O)Nc1ccc(Oc2cccc(C)c2)nc1. The molecule has 0 aliphatic heterocycles. The predicted octanol–water partition coefficient (Wildman–Crippen LogP) is 3.71. The molecule has 1 aromatic carbocycles. The molecule has 1 aromatic heterocycles. The molecule has 110 valence electrons. The van der Waals surface area contributed by atoms with E-state index in [0.29, 0.717) is 18.1 Å². The highest BCUT2D eigenvalue weighted by Gasteiger charge is 2.02. The van der Waals surface area contributed by atoms with Crippen LogP contribution in [-0.4, -0.2) is 17.6 Å². The Bertz CT molecular complexity index is 597. The number of pyridine rings is 1. The molecule has 21 heavy (non-hydrogen) atoms. The summed E-state index contributed by atoms with van der Waals surface area (Å²) >= 11 is 0. The fourth-order valence-electron chi connectivity index (χ4n) is 1.73. The molecular formula is C16H19N3O2. The Kier molecular flexibility index (Phi) is 5.15. The zero-order valence-electron chi connectivity index (χ0n) is 12.2. The molecule has 2 N–H and O–H groups in total. The van der Waals surface area contributed by atoms with Gasteiger partial charge < -0.3 is 15.4 Å². The Morgan fingerprint density at radius 3 is 2.81 bits per heavy atom. The van der Waals surface area contributed by atoms with Crippen molar-refractivity contribution in [2.75, 3.05) is 11.9 Å². The zero-order valence-corrected chi connectivity index (χ0v) is 12.2. The van der Waals surface area contributed by atoms with E-state index in [1.807, 2.05) is 38.1 Å². The summed E-state index contributed by atoms with van der Waals surface area (Å²) in [7, 11) is 0. The van der Waals surface area contributed by atoms with E-state index in [2.05, 4.69) is 15.6 Å². The largest absolute Gasteiger partial charge is 0.439 e. The van der Waals surface area contributed by atoms with Crippen LogP contribution in [0.1, 0.15) is 18.9 Å². The Labute approximate surface area is 124 Å². The number of ether oxygens (including phenoxy) is 1. The number of rotatable bonds is 5. The van der Waals surface area contributed by atoms with Crippen molar-refractivity contribution in [3.63, 3.8) is 0 Å². The van der Waals surface area contributed by atoms with Crippen molar-refractivity contribution in [3.8, 4) is 11.6 Å². The molecule has 2 amide bonds. The second-order valence-corrected chi connectivity index (χ2v) is 4.68. The third-order valence-corrected chi connectivity index (χ3v) is 2.74. The van der Waals surface area contributed by atoms with E-state index in [-0.39, 0.29) is 6.03 Å². The summed E-state index contributed by atoms with van der Waals surface area (Å²) in [5.74, 6) is 1.23. The van der Waals surface area contributed by atoms with E-state index in [0.717, 1.165) is 17.7 Å². The number of aromatic nitrogens is 1. The number of hydrogen-bond acceptors (Lipinski definition) is 3. The fourth-order valence-corrected chi connectivity index (χ4v) is 1.73. The van der Waals surface area contributed by atoms with Crippen molar-refractivity contribution in [2.24, 2.45) is 0 Å². The Hall–Kier alpha value is -2.56. The first-order chi connectivity index (χ1) is 10.2. The quantitative estimate of drug-likeness (QED) is 0.880. The van der Waals surface area contributed by atoms with Crippen molar-refractivity contribution >= 4 is 11.7 Å². The third-order valence-electron chi connectivity index (χ3n) is 2.74. The number of hydrogen-bond donors (Lipinski definition) is 2. The number of aryl methyl sites for hydroxylation is 1. The standard InChI is InChI=1S/C16H19N3O2/c1-3-9-17-16(20)19-13-7-8-15(18-11-13)21-14-6-4-5-12(2)10-14/h4-8,10-11H,3,9H2,1-2H3,(H2,17,19,20). The second-order valence-electron chi connectivity index (χ2n) is 4.68. The molecular weight excluding hydrogens is 266 g/mol. The van der Waals surface area contributed by atoms with Crippen LogP contribution in [0.5, 0.6) is 11.6 Å². The summed E-state index contributed by atoms with van der Waals surface area (Å²) in [6.45, 7) is 4.65. The van der Waals surface area contributed by atoms with Gasteiger partial charge in [0, 0.05) is 12.6 Å². The molecule has 0 aliphatic carbocycles. The summed E-state index contributed by atoms with van der Waals surface area (Å²) in [6.07, 6.45) is 2.46. The summed E-state index contributed by atoms with van der Waals surface area (Å²) in [4.78, 5) is 15.7. The number of anilines is 1. The van der Waals surface area contributed by atoms with Crippen LogP contribution in [0.15, 0.2) is 42.6 Å². The Morgan fingerprint density at radius 1 is 1.29 bits per heavy atom. The van der Waals surface area contributed by atoms with Crippen molar-refractivity contribution in [1.29, 1.82) is 0 Å². The van der Waals surface area contributed by atoms with Crippen LogP contribution in [0.2, 0.25) is 0 Å². The molecule has 0 saturated heterocycles. The Morgan fingerprint density at radius 2 is 2.14 bits per heavy atom. The minimum Gasteiger partial charge on any atom is -0.439 e. The average Bonchev–Trinajstić information content (AvgIpc) is 2.47. The van der Waals surface area contributed by atoms with Gasteiger partial charge in [0.05, 0.1) is 11.9 Å². The molecule has 0 aliphatic rings. The van der Waals surface area contributed by atoms with Crippen molar-refractivity contribution in [3.05, 3.63) is 48.2 Å². The maximum atomic E-state index is 11.5. The lowest BCUT2D eigenvalue weighted by Gasteiger charge is -2.08. The van der Waals surface area contributed by atoms with Gasteiger partial charge in [0.15, 0.2) is 0 Å². The monoisotopic (exact) mass is 285 g/mol. The van der Waals surface area contributed by atoms with E-state index in [9.17, 15) is 4.79 Å². The summed E-state index contributed by atoms with van der Waals surface area (Å²) in [5, 5.41) is 5.44. The van der Waals surface area contributed by atoms with E-state index in [4.69, 9.17) is 4.74 Å². The van der Waals surface area contributed by atoms with Gasteiger partial charge >= 0.3 is 6.03 Å². The number of amides is 2. The molecule has 0 radical (unpaired) electrons. The Balaban J connectivity index is 1.94. The van der Waals surface area contributed by atoms with Gasteiger partial charge in [0.25, 0.3) is 0 Å². The predicted molar refractivity (Wildman–Crippen MR) is 82.8 cm³/mol. The number of nitrogens with one attached hydrogen (secondary N) is 2. The van der Waals surface area contributed by atoms with Crippen LogP contribution in [0.4, 0.5) is 10.5 Å². The highest BCUT2D eigenvalue weighted by molar-refractivity contribution is 5.88. The van der Waals surface area contributed by atoms with Crippen molar-refractivity contribution in [2.45, 2.75) is 20.3 Å². The van der Waals surface area contributed by atoms with Crippen LogP contribution < -0.4 is 15.4 Å². The normalized spacial score (nSPS) is 10.0. The van der Waals surface area contributed by atoms with Crippen molar-refractivity contribution in [1.82, 2.24) is 10.3 Å². The van der Waals surface area contributed by atoms with Crippen LogP contribution in [0.3, 0.4) is 0 Å². The van der Waals surface area contributed by atoms with E-state index >= 15 is 0 Å². The molecule has 0 bridgehead atoms. The molecule has 2 aromatic rings. The van der Waals surface area contributed by atoms with E-state index in [1.54, 1.807) is 18.3 Å².